The van der Waals surface area contributed by atoms with Gasteiger partial charge in [-0.1, -0.05) is 74.0 Å². The Kier molecular flexibility index (Phi) is 6.73. The molecule has 0 aliphatic heterocycles. The van der Waals surface area contributed by atoms with Crippen molar-refractivity contribution in [2.24, 2.45) is 0 Å². The Morgan fingerprint density at radius 2 is 1.44 bits per heavy atom. The van der Waals surface area contributed by atoms with E-state index in [0.717, 1.165) is 17.5 Å². The van der Waals surface area contributed by atoms with Crippen molar-refractivity contribution in [2.45, 2.75) is 51.4 Å². The molecule has 0 heterocycles. The molecule has 0 bridgehead atoms. The lowest BCUT2D eigenvalue weighted by molar-refractivity contribution is -0.156. The second-order valence-corrected chi connectivity index (χ2v) is 6.72. The molecule has 134 valence electrons. The maximum absolute atomic E-state index is 12.0. The molecule has 2 atom stereocenters. The molecule has 4 heteroatoms. The molecule has 2 N–H and O–H groups in total. The summed E-state index contributed by atoms with van der Waals surface area (Å²) in [4.78, 5) is 13.9. The number of aliphatic hydroxyl groups is 1. The van der Waals surface area contributed by atoms with Crippen LogP contribution in [-0.2, 0) is 17.9 Å². The van der Waals surface area contributed by atoms with Crippen LogP contribution in [0.2, 0.25) is 0 Å². The third kappa shape index (κ3) is 5.41. The molecule has 0 aliphatic rings. The van der Waals surface area contributed by atoms with Crippen molar-refractivity contribution in [2.75, 3.05) is 0 Å². The van der Waals surface area contributed by atoms with Gasteiger partial charge in [-0.05, 0) is 24.5 Å². The third-order valence-corrected chi connectivity index (χ3v) is 4.40. The Balaban J connectivity index is 2.34. The van der Waals surface area contributed by atoms with Crippen LogP contribution in [0.1, 0.15) is 37.8 Å². The highest BCUT2D eigenvalue weighted by atomic mass is 16.4. The zero-order valence-corrected chi connectivity index (χ0v) is 14.9. The van der Waals surface area contributed by atoms with E-state index >= 15 is 0 Å². The molecule has 2 aromatic carbocycles. The van der Waals surface area contributed by atoms with Crippen LogP contribution in [0.15, 0.2) is 60.7 Å². The molecule has 0 spiro atoms. The molecule has 0 fully saturated rings. The Morgan fingerprint density at radius 1 is 1.00 bits per heavy atom. The Hall–Kier alpha value is -2.17. The van der Waals surface area contributed by atoms with E-state index in [2.05, 4.69) is 0 Å². The van der Waals surface area contributed by atoms with Gasteiger partial charge in [0.05, 0.1) is 5.60 Å². The summed E-state index contributed by atoms with van der Waals surface area (Å²) < 4.78 is 0. The van der Waals surface area contributed by atoms with E-state index in [-0.39, 0.29) is 0 Å². The summed E-state index contributed by atoms with van der Waals surface area (Å²) in [6.45, 7) is 4.50. The number of rotatable bonds is 9. The van der Waals surface area contributed by atoms with Crippen molar-refractivity contribution < 1.29 is 15.0 Å². The third-order valence-electron chi connectivity index (χ3n) is 4.40. The molecule has 0 aliphatic carbocycles. The van der Waals surface area contributed by atoms with Crippen molar-refractivity contribution in [3.8, 4) is 0 Å². The fourth-order valence-corrected chi connectivity index (χ4v) is 3.33. The monoisotopic (exact) mass is 341 g/mol. The number of carbonyl (C=O) groups is 1. The molecule has 2 unspecified atom stereocenters. The number of aliphatic carboxylic acids is 1. The van der Waals surface area contributed by atoms with Crippen molar-refractivity contribution in [3.63, 3.8) is 0 Å². The minimum atomic E-state index is -1.30. The van der Waals surface area contributed by atoms with Gasteiger partial charge in [-0.2, -0.15) is 0 Å². The number of benzene rings is 2. The van der Waals surface area contributed by atoms with Gasteiger partial charge < -0.3 is 10.2 Å². The molecule has 0 aromatic heterocycles. The Bertz CT molecular complexity index is 614. The lowest BCUT2D eigenvalue weighted by Gasteiger charge is -2.38. The van der Waals surface area contributed by atoms with Gasteiger partial charge in [-0.25, -0.2) is 0 Å². The highest BCUT2D eigenvalue weighted by molar-refractivity contribution is 5.75. The minimum absolute atomic E-state index is 0.435. The topological polar surface area (TPSA) is 60.8 Å². The first kappa shape index (κ1) is 19.2. The van der Waals surface area contributed by atoms with Crippen LogP contribution >= 0.6 is 0 Å². The lowest BCUT2D eigenvalue weighted by Crippen LogP contribution is -2.55. The smallest absolute Gasteiger partial charge is 0.323 e. The van der Waals surface area contributed by atoms with Crippen LogP contribution in [0.5, 0.6) is 0 Å². The van der Waals surface area contributed by atoms with Crippen LogP contribution in [0.25, 0.3) is 0 Å². The maximum Gasteiger partial charge on any atom is 0.323 e. The molecule has 2 rings (SSSR count). The van der Waals surface area contributed by atoms with E-state index in [1.54, 1.807) is 6.92 Å². The van der Waals surface area contributed by atoms with Crippen molar-refractivity contribution in [1.29, 1.82) is 0 Å². The van der Waals surface area contributed by atoms with Crippen molar-refractivity contribution in [1.82, 2.24) is 4.90 Å². The summed E-state index contributed by atoms with van der Waals surface area (Å²) in [7, 11) is 0. The summed E-state index contributed by atoms with van der Waals surface area (Å²) >= 11 is 0. The van der Waals surface area contributed by atoms with Gasteiger partial charge >= 0.3 is 5.97 Å². The number of nitrogens with zero attached hydrogens (tertiary/aromatic N) is 1. The first-order valence-electron chi connectivity index (χ1n) is 8.71. The van der Waals surface area contributed by atoms with Crippen LogP contribution in [0.4, 0.5) is 0 Å². The molecular formula is C21H27NO3. The Morgan fingerprint density at radius 3 is 1.80 bits per heavy atom. The van der Waals surface area contributed by atoms with Gasteiger partial charge in [-0.3, -0.25) is 9.69 Å². The van der Waals surface area contributed by atoms with E-state index in [4.69, 9.17) is 0 Å². The maximum atomic E-state index is 12.0. The highest BCUT2D eigenvalue weighted by Gasteiger charge is 2.41. The summed E-state index contributed by atoms with van der Waals surface area (Å²) in [6, 6.07) is 18.6. The zero-order chi connectivity index (χ0) is 18.3. The van der Waals surface area contributed by atoms with E-state index in [0.29, 0.717) is 19.5 Å². The van der Waals surface area contributed by atoms with Gasteiger partial charge in [0.15, 0.2) is 0 Å². The van der Waals surface area contributed by atoms with Gasteiger partial charge in [-0.15, -0.1) is 0 Å². The molecule has 0 amide bonds. The number of carboxylic acid groups (broad SMARTS) is 1. The molecule has 4 nitrogen and oxygen atoms in total. The predicted molar refractivity (Wildman–Crippen MR) is 99.1 cm³/mol. The van der Waals surface area contributed by atoms with Gasteiger partial charge in [0.2, 0.25) is 0 Å². The first-order valence-corrected chi connectivity index (χ1v) is 8.71. The first-order chi connectivity index (χ1) is 11.9. The Labute approximate surface area is 149 Å². The number of carboxylic acids is 1. The minimum Gasteiger partial charge on any atom is -0.480 e. The summed E-state index contributed by atoms with van der Waals surface area (Å²) in [6.07, 6.45) is 1.16. The molecule has 2 aromatic rings. The van der Waals surface area contributed by atoms with Crippen LogP contribution in [0, 0.1) is 0 Å². The summed E-state index contributed by atoms with van der Waals surface area (Å²) in [5.41, 5.74) is 0.749. The highest BCUT2D eigenvalue weighted by Crippen LogP contribution is 2.25. The molecular weight excluding hydrogens is 314 g/mol. The zero-order valence-electron chi connectivity index (χ0n) is 14.9. The van der Waals surface area contributed by atoms with E-state index in [1.807, 2.05) is 72.5 Å². The largest absolute Gasteiger partial charge is 0.480 e. The summed E-state index contributed by atoms with van der Waals surface area (Å²) in [5.74, 6) is -0.995. The average Bonchev–Trinajstić information content (AvgIpc) is 2.56. The lowest BCUT2D eigenvalue weighted by atomic mass is 9.89. The molecule has 0 radical (unpaired) electrons. The average molecular weight is 341 g/mol. The fourth-order valence-electron chi connectivity index (χ4n) is 3.33. The predicted octanol–water partition coefficient (Wildman–Crippen LogP) is 3.69. The van der Waals surface area contributed by atoms with Crippen LogP contribution in [0.3, 0.4) is 0 Å². The fraction of sp³-hybridized carbons (Fsp3) is 0.381. The quantitative estimate of drug-likeness (QED) is 0.730. The summed E-state index contributed by atoms with van der Waals surface area (Å²) in [5, 5.41) is 20.7. The van der Waals surface area contributed by atoms with E-state index in [1.165, 1.54) is 0 Å². The van der Waals surface area contributed by atoms with E-state index < -0.39 is 17.6 Å². The second-order valence-electron chi connectivity index (χ2n) is 6.72. The number of hydrogen-bond donors (Lipinski definition) is 2. The normalized spacial score (nSPS) is 14.9. The van der Waals surface area contributed by atoms with Crippen molar-refractivity contribution in [3.05, 3.63) is 71.8 Å². The van der Waals surface area contributed by atoms with Crippen LogP contribution < -0.4 is 0 Å². The van der Waals surface area contributed by atoms with Gasteiger partial charge in [0.25, 0.3) is 0 Å². The van der Waals surface area contributed by atoms with Crippen LogP contribution in [-0.4, -0.2) is 32.7 Å². The van der Waals surface area contributed by atoms with E-state index in [9.17, 15) is 15.0 Å². The second kappa shape index (κ2) is 8.79. The number of hydrogen-bond acceptors (Lipinski definition) is 3. The molecule has 0 saturated heterocycles. The van der Waals surface area contributed by atoms with Crippen molar-refractivity contribution >= 4 is 5.97 Å². The SMILES string of the molecule is CCCC(C)(O)C(C(=O)O)N(Cc1ccccc1)Cc1ccccc1. The molecule has 0 saturated carbocycles. The standard InChI is InChI=1S/C21H27NO3/c1-3-14-21(2,25)19(20(23)24)22(15-17-10-6-4-7-11-17)16-18-12-8-5-9-13-18/h4-13,19,25H,3,14-16H2,1-2H3,(H,23,24). The van der Waals surface area contributed by atoms with Gasteiger partial charge in [0, 0.05) is 13.1 Å². The van der Waals surface area contributed by atoms with Gasteiger partial charge in [0.1, 0.15) is 6.04 Å². The molecule has 25 heavy (non-hydrogen) atoms.